The number of hydrogen-bond acceptors (Lipinski definition) is 2. The largest absolute Gasteiger partial charge is 0.478 e. The molecule has 142 valence electrons. The number of aromatic carboxylic acids is 1. The van der Waals surface area contributed by atoms with Crippen molar-refractivity contribution in [2.75, 3.05) is 5.32 Å². The van der Waals surface area contributed by atoms with Crippen molar-refractivity contribution in [3.05, 3.63) is 64.5 Å². The molecule has 0 aliphatic heterocycles. The molecule has 0 saturated carbocycles. The second kappa shape index (κ2) is 8.03. The zero-order chi connectivity index (χ0) is 20.2. The Hall–Kier alpha value is -3.16. The predicted octanol–water partition coefficient (Wildman–Crippen LogP) is 5.06. The second-order valence-corrected chi connectivity index (χ2v) is 5.57. The maximum Gasteiger partial charge on any atom is 0.417 e. The van der Waals surface area contributed by atoms with Gasteiger partial charge >= 0.3 is 12.1 Å². The second-order valence-electron chi connectivity index (χ2n) is 5.57. The standard InChI is InChI=1S/C19H15F4NO3/c1-2-17(25)24-16-8-4-11(9-14(16)18(26)27)3-5-12-6-7-13(20)10-15(12)19(21,22)23/h3-10H,2H2,1H3,(H,24,25)(H,26,27)/b5-3+. The monoisotopic (exact) mass is 381 g/mol. The molecule has 27 heavy (non-hydrogen) atoms. The van der Waals surface area contributed by atoms with Crippen LogP contribution in [0.25, 0.3) is 12.2 Å². The first-order valence-electron chi connectivity index (χ1n) is 7.84. The van der Waals surface area contributed by atoms with Crippen LogP contribution in [0, 0.1) is 5.82 Å². The summed E-state index contributed by atoms with van der Waals surface area (Å²) >= 11 is 0. The molecule has 1 amide bonds. The number of halogens is 4. The first-order chi connectivity index (χ1) is 12.6. The van der Waals surface area contributed by atoms with Gasteiger partial charge in [-0.2, -0.15) is 13.2 Å². The number of rotatable bonds is 5. The van der Waals surface area contributed by atoms with E-state index in [2.05, 4.69) is 5.32 Å². The first kappa shape index (κ1) is 20.2. The van der Waals surface area contributed by atoms with Crippen molar-refractivity contribution in [2.24, 2.45) is 0 Å². The minimum Gasteiger partial charge on any atom is -0.478 e. The number of benzene rings is 2. The van der Waals surface area contributed by atoms with Gasteiger partial charge < -0.3 is 10.4 Å². The van der Waals surface area contributed by atoms with Crippen LogP contribution in [0.2, 0.25) is 0 Å². The third-order valence-corrected chi connectivity index (χ3v) is 3.65. The van der Waals surface area contributed by atoms with Crippen molar-refractivity contribution in [3.63, 3.8) is 0 Å². The van der Waals surface area contributed by atoms with Crippen LogP contribution in [-0.4, -0.2) is 17.0 Å². The third kappa shape index (κ3) is 5.16. The highest BCUT2D eigenvalue weighted by atomic mass is 19.4. The Kier molecular flexibility index (Phi) is 5.99. The van der Waals surface area contributed by atoms with Gasteiger partial charge in [0, 0.05) is 6.42 Å². The lowest BCUT2D eigenvalue weighted by Gasteiger charge is -2.11. The summed E-state index contributed by atoms with van der Waals surface area (Å²) in [6, 6.07) is 6.31. The Morgan fingerprint density at radius 3 is 2.41 bits per heavy atom. The highest BCUT2D eigenvalue weighted by Gasteiger charge is 2.33. The van der Waals surface area contributed by atoms with Crippen molar-refractivity contribution >= 4 is 29.7 Å². The van der Waals surface area contributed by atoms with Gasteiger partial charge in [-0.15, -0.1) is 0 Å². The summed E-state index contributed by atoms with van der Waals surface area (Å²) in [6.07, 6.45) is -2.18. The Morgan fingerprint density at radius 2 is 1.81 bits per heavy atom. The molecule has 4 nitrogen and oxygen atoms in total. The maximum absolute atomic E-state index is 13.1. The van der Waals surface area contributed by atoms with Gasteiger partial charge in [0.1, 0.15) is 5.82 Å². The molecule has 0 unspecified atom stereocenters. The molecule has 0 radical (unpaired) electrons. The quantitative estimate of drug-likeness (QED) is 0.562. The van der Waals surface area contributed by atoms with E-state index >= 15 is 0 Å². The summed E-state index contributed by atoms with van der Waals surface area (Å²) in [4.78, 5) is 22.8. The molecular weight excluding hydrogens is 366 g/mol. The number of carboxylic acid groups (broad SMARTS) is 1. The first-order valence-corrected chi connectivity index (χ1v) is 7.84. The zero-order valence-corrected chi connectivity index (χ0v) is 14.1. The molecular formula is C19H15F4NO3. The van der Waals surface area contributed by atoms with Gasteiger partial charge in [-0.1, -0.05) is 31.2 Å². The molecule has 2 rings (SSSR count). The summed E-state index contributed by atoms with van der Waals surface area (Å²) in [5, 5.41) is 11.7. The van der Waals surface area contributed by atoms with E-state index < -0.39 is 23.5 Å². The molecule has 0 aromatic heterocycles. The van der Waals surface area contributed by atoms with E-state index in [1.807, 2.05) is 0 Å². The molecule has 0 bridgehead atoms. The molecule has 0 fully saturated rings. The lowest BCUT2D eigenvalue weighted by Crippen LogP contribution is -2.13. The van der Waals surface area contributed by atoms with Crippen LogP contribution < -0.4 is 5.32 Å². The Bertz CT molecular complexity index is 904. The van der Waals surface area contributed by atoms with Crippen LogP contribution in [0.4, 0.5) is 23.2 Å². The Morgan fingerprint density at radius 1 is 1.11 bits per heavy atom. The van der Waals surface area contributed by atoms with E-state index in [9.17, 15) is 32.3 Å². The average molecular weight is 381 g/mol. The van der Waals surface area contributed by atoms with E-state index in [-0.39, 0.29) is 29.1 Å². The average Bonchev–Trinajstić information content (AvgIpc) is 2.60. The Labute approximate surface area is 152 Å². The van der Waals surface area contributed by atoms with Gasteiger partial charge in [-0.05, 0) is 35.4 Å². The summed E-state index contributed by atoms with van der Waals surface area (Å²) < 4.78 is 52.2. The molecule has 2 aromatic rings. The number of carbonyl (C=O) groups excluding carboxylic acids is 1. The number of alkyl halides is 3. The fourth-order valence-corrected chi connectivity index (χ4v) is 2.30. The summed E-state index contributed by atoms with van der Waals surface area (Å²) in [7, 11) is 0. The lowest BCUT2D eigenvalue weighted by atomic mass is 10.0. The van der Waals surface area contributed by atoms with Crippen molar-refractivity contribution in [2.45, 2.75) is 19.5 Å². The molecule has 0 atom stereocenters. The van der Waals surface area contributed by atoms with Crippen LogP contribution in [0.3, 0.4) is 0 Å². The van der Waals surface area contributed by atoms with Crippen molar-refractivity contribution in [1.82, 2.24) is 0 Å². The molecule has 2 N–H and O–H groups in total. The highest BCUT2D eigenvalue weighted by molar-refractivity contribution is 6.01. The molecule has 8 heteroatoms. The topological polar surface area (TPSA) is 66.4 Å². The van der Waals surface area contributed by atoms with Gasteiger partial charge in [0.25, 0.3) is 0 Å². The third-order valence-electron chi connectivity index (χ3n) is 3.65. The summed E-state index contributed by atoms with van der Waals surface area (Å²) in [5.41, 5.74) is -1.20. The van der Waals surface area contributed by atoms with Crippen LogP contribution in [-0.2, 0) is 11.0 Å². The van der Waals surface area contributed by atoms with E-state index in [4.69, 9.17) is 0 Å². The minimum atomic E-state index is -4.73. The normalized spacial score (nSPS) is 11.6. The number of nitrogens with one attached hydrogen (secondary N) is 1. The number of amides is 1. The van der Waals surface area contributed by atoms with E-state index in [1.54, 1.807) is 6.92 Å². The van der Waals surface area contributed by atoms with Crippen LogP contribution in [0.1, 0.15) is 40.4 Å². The fraction of sp³-hybridized carbons (Fsp3) is 0.158. The van der Waals surface area contributed by atoms with Gasteiger partial charge in [-0.25, -0.2) is 9.18 Å². The molecule has 2 aromatic carbocycles. The lowest BCUT2D eigenvalue weighted by molar-refractivity contribution is -0.137. The summed E-state index contributed by atoms with van der Waals surface area (Å²) in [5.74, 6) is -2.68. The van der Waals surface area contributed by atoms with E-state index in [0.717, 1.165) is 18.2 Å². The SMILES string of the molecule is CCC(=O)Nc1ccc(/C=C/c2ccc(F)cc2C(F)(F)F)cc1C(=O)O. The fourth-order valence-electron chi connectivity index (χ4n) is 2.30. The maximum atomic E-state index is 13.1. The van der Waals surface area contributed by atoms with Crippen LogP contribution in [0.5, 0.6) is 0 Å². The molecule has 0 aliphatic rings. The van der Waals surface area contributed by atoms with Gasteiger partial charge in [0.15, 0.2) is 0 Å². The highest BCUT2D eigenvalue weighted by Crippen LogP contribution is 2.33. The van der Waals surface area contributed by atoms with E-state index in [0.29, 0.717) is 11.6 Å². The number of hydrogen-bond donors (Lipinski definition) is 2. The minimum absolute atomic E-state index is 0.0873. The van der Waals surface area contributed by atoms with Crippen LogP contribution in [0.15, 0.2) is 36.4 Å². The molecule has 0 spiro atoms. The number of anilines is 1. The smallest absolute Gasteiger partial charge is 0.417 e. The predicted molar refractivity (Wildman–Crippen MR) is 92.7 cm³/mol. The van der Waals surface area contributed by atoms with Crippen molar-refractivity contribution < 1.29 is 32.3 Å². The number of carboxylic acids is 1. The van der Waals surface area contributed by atoms with Gasteiger partial charge in [0.05, 0.1) is 16.8 Å². The number of carbonyl (C=O) groups is 2. The molecule has 0 saturated heterocycles. The van der Waals surface area contributed by atoms with Crippen LogP contribution >= 0.6 is 0 Å². The van der Waals surface area contributed by atoms with Crippen molar-refractivity contribution in [1.29, 1.82) is 0 Å². The molecule has 0 aliphatic carbocycles. The van der Waals surface area contributed by atoms with Gasteiger partial charge in [0.2, 0.25) is 5.91 Å². The Balaban J connectivity index is 2.39. The van der Waals surface area contributed by atoms with Gasteiger partial charge in [-0.3, -0.25) is 4.79 Å². The zero-order valence-electron chi connectivity index (χ0n) is 14.1. The van der Waals surface area contributed by atoms with Crippen molar-refractivity contribution in [3.8, 4) is 0 Å². The summed E-state index contributed by atoms with van der Waals surface area (Å²) in [6.45, 7) is 1.60. The van der Waals surface area contributed by atoms with E-state index in [1.165, 1.54) is 24.3 Å². The molecule has 0 heterocycles.